The molecule has 0 radical (unpaired) electrons. The molecule has 4 rings (SSSR count). The summed E-state index contributed by atoms with van der Waals surface area (Å²) in [6, 6.07) is 11.8. The Balaban J connectivity index is 1.82. The summed E-state index contributed by atoms with van der Waals surface area (Å²) in [4.78, 5) is 26.8. The summed E-state index contributed by atoms with van der Waals surface area (Å²) < 4.78 is 0. The first-order chi connectivity index (χ1) is 11.7. The fraction of sp³-hybridized carbons (Fsp3) is 0.316. The van der Waals surface area contributed by atoms with Gasteiger partial charge in [-0.3, -0.25) is 9.78 Å². The van der Waals surface area contributed by atoms with Crippen LogP contribution >= 0.6 is 0 Å². The molecule has 5 nitrogen and oxygen atoms in total. The second-order valence-electron chi connectivity index (χ2n) is 6.48. The van der Waals surface area contributed by atoms with Crippen LogP contribution in [0.5, 0.6) is 0 Å². The highest BCUT2D eigenvalue weighted by Gasteiger charge is 2.19. The molecule has 0 atom stereocenters. The van der Waals surface area contributed by atoms with Crippen LogP contribution in [0, 0.1) is 5.92 Å². The minimum atomic E-state index is -0.124. The highest BCUT2D eigenvalue weighted by atomic mass is 16.1. The van der Waals surface area contributed by atoms with Crippen molar-refractivity contribution in [3.05, 3.63) is 52.9 Å². The van der Waals surface area contributed by atoms with E-state index in [1.165, 1.54) is 0 Å². The lowest BCUT2D eigenvalue weighted by Crippen LogP contribution is -2.35. The SMILES string of the molecule is CC1CCN(c2nc3nccc(-c4ccccc4)c3c(=O)[nH]2)CC1. The number of pyridine rings is 1. The van der Waals surface area contributed by atoms with Crippen molar-refractivity contribution < 1.29 is 0 Å². The largest absolute Gasteiger partial charge is 0.342 e. The molecule has 1 N–H and O–H groups in total. The van der Waals surface area contributed by atoms with Crippen molar-refractivity contribution in [3.63, 3.8) is 0 Å². The van der Waals surface area contributed by atoms with Crippen LogP contribution in [-0.2, 0) is 0 Å². The molecular formula is C19H20N4O. The lowest BCUT2D eigenvalue weighted by atomic mass is 10.00. The summed E-state index contributed by atoms with van der Waals surface area (Å²) >= 11 is 0. The van der Waals surface area contributed by atoms with E-state index in [0.29, 0.717) is 17.0 Å². The Bertz CT molecular complexity index is 912. The van der Waals surface area contributed by atoms with Crippen LogP contribution in [0.25, 0.3) is 22.2 Å². The number of anilines is 1. The summed E-state index contributed by atoms with van der Waals surface area (Å²) in [5, 5.41) is 0.554. The number of hydrogen-bond donors (Lipinski definition) is 1. The maximum absolute atomic E-state index is 12.7. The van der Waals surface area contributed by atoms with E-state index < -0.39 is 0 Å². The number of fused-ring (bicyclic) bond motifs is 1. The first-order valence-corrected chi connectivity index (χ1v) is 8.42. The summed E-state index contributed by atoms with van der Waals surface area (Å²) in [5.74, 6) is 1.37. The average Bonchev–Trinajstić information content (AvgIpc) is 2.62. The number of benzene rings is 1. The molecule has 1 aliphatic rings. The van der Waals surface area contributed by atoms with Crippen LogP contribution in [0.15, 0.2) is 47.4 Å². The number of piperidine rings is 1. The first-order valence-electron chi connectivity index (χ1n) is 8.42. The average molecular weight is 320 g/mol. The molecule has 24 heavy (non-hydrogen) atoms. The van der Waals surface area contributed by atoms with Crippen LogP contribution < -0.4 is 10.5 Å². The molecule has 0 amide bonds. The number of aromatic nitrogens is 3. The van der Waals surface area contributed by atoms with Gasteiger partial charge in [-0.05, 0) is 36.0 Å². The van der Waals surface area contributed by atoms with Gasteiger partial charge in [0.15, 0.2) is 5.65 Å². The second kappa shape index (κ2) is 6.07. The molecule has 0 spiro atoms. The molecule has 0 saturated carbocycles. The van der Waals surface area contributed by atoms with E-state index in [4.69, 9.17) is 0 Å². The van der Waals surface area contributed by atoms with E-state index >= 15 is 0 Å². The quantitative estimate of drug-likeness (QED) is 0.787. The van der Waals surface area contributed by atoms with Gasteiger partial charge in [0.2, 0.25) is 5.95 Å². The van der Waals surface area contributed by atoms with Crippen LogP contribution in [0.4, 0.5) is 5.95 Å². The molecule has 1 saturated heterocycles. The molecule has 0 bridgehead atoms. The van der Waals surface area contributed by atoms with Crippen LogP contribution in [0.3, 0.4) is 0 Å². The monoisotopic (exact) mass is 320 g/mol. The van der Waals surface area contributed by atoms with Crippen LogP contribution in [-0.4, -0.2) is 28.0 Å². The standard InChI is InChI=1S/C19H20N4O/c1-13-8-11-23(12-9-13)19-21-17-16(18(24)22-19)15(7-10-20-17)14-5-3-2-4-6-14/h2-7,10,13H,8-9,11-12H2,1H3,(H,20,21,22,24). The van der Waals surface area contributed by atoms with Crippen LogP contribution in [0.1, 0.15) is 19.8 Å². The van der Waals surface area contributed by atoms with Crippen molar-refractivity contribution in [2.24, 2.45) is 5.92 Å². The van der Waals surface area contributed by atoms with Gasteiger partial charge in [-0.15, -0.1) is 0 Å². The predicted molar refractivity (Wildman–Crippen MR) is 96.2 cm³/mol. The van der Waals surface area contributed by atoms with Crippen molar-refractivity contribution in [3.8, 4) is 11.1 Å². The Hall–Kier alpha value is -2.69. The lowest BCUT2D eigenvalue weighted by molar-refractivity contribution is 0.434. The Morgan fingerprint density at radius 2 is 1.88 bits per heavy atom. The normalized spacial score (nSPS) is 15.8. The van der Waals surface area contributed by atoms with Gasteiger partial charge in [0.1, 0.15) is 0 Å². The molecule has 1 fully saturated rings. The summed E-state index contributed by atoms with van der Waals surface area (Å²) in [6.07, 6.45) is 3.97. The minimum Gasteiger partial charge on any atom is -0.342 e. The van der Waals surface area contributed by atoms with E-state index in [0.717, 1.165) is 43.0 Å². The third kappa shape index (κ3) is 2.66. The lowest BCUT2D eigenvalue weighted by Gasteiger charge is -2.30. The molecule has 3 aromatic rings. The van der Waals surface area contributed by atoms with E-state index in [2.05, 4.69) is 26.8 Å². The number of H-pyrrole nitrogens is 1. The highest BCUT2D eigenvalue weighted by molar-refractivity contribution is 5.92. The van der Waals surface area contributed by atoms with Crippen molar-refractivity contribution in [2.45, 2.75) is 19.8 Å². The Morgan fingerprint density at radius 1 is 1.12 bits per heavy atom. The summed E-state index contributed by atoms with van der Waals surface area (Å²) in [5.41, 5.74) is 2.25. The number of aromatic amines is 1. The Morgan fingerprint density at radius 3 is 2.62 bits per heavy atom. The molecule has 5 heteroatoms. The fourth-order valence-electron chi connectivity index (χ4n) is 3.28. The smallest absolute Gasteiger partial charge is 0.262 e. The Kier molecular flexibility index (Phi) is 3.76. The van der Waals surface area contributed by atoms with Crippen LogP contribution in [0.2, 0.25) is 0 Å². The van der Waals surface area contributed by atoms with Crippen molar-refractivity contribution in [1.29, 1.82) is 0 Å². The van der Waals surface area contributed by atoms with Gasteiger partial charge in [-0.1, -0.05) is 37.3 Å². The third-order valence-electron chi connectivity index (χ3n) is 4.76. The number of nitrogens with zero attached hydrogens (tertiary/aromatic N) is 3. The zero-order valence-electron chi connectivity index (χ0n) is 13.7. The molecule has 0 unspecified atom stereocenters. The molecule has 3 heterocycles. The number of rotatable bonds is 2. The van der Waals surface area contributed by atoms with Crippen molar-refractivity contribution in [2.75, 3.05) is 18.0 Å². The molecule has 1 aliphatic heterocycles. The van der Waals surface area contributed by atoms with Gasteiger partial charge in [0.05, 0.1) is 5.39 Å². The highest BCUT2D eigenvalue weighted by Crippen LogP contribution is 2.25. The zero-order valence-corrected chi connectivity index (χ0v) is 13.7. The van der Waals surface area contributed by atoms with Gasteiger partial charge in [0.25, 0.3) is 5.56 Å². The van der Waals surface area contributed by atoms with E-state index in [1.54, 1.807) is 6.20 Å². The van der Waals surface area contributed by atoms with Crippen molar-refractivity contribution >= 4 is 17.0 Å². The molecule has 122 valence electrons. The Labute approximate surface area is 140 Å². The molecule has 0 aliphatic carbocycles. The van der Waals surface area contributed by atoms with E-state index in [1.807, 2.05) is 36.4 Å². The summed E-state index contributed by atoms with van der Waals surface area (Å²) in [6.45, 7) is 4.11. The number of nitrogens with one attached hydrogen (secondary N) is 1. The summed E-state index contributed by atoms with van der Waals surface area (Å²) in [7, 11) is 0. The van der Waals surface area contributed by atoms with Gasteiger partial charge >= 0.3 is 0 Å². The third-order valence-corrected chi connectivity index (χ3v) is 4.76. The molecular weight excluding hydrogens is 300 g/mol. The zero-order chi connectivity index (χ0) is 16.5. The minimum absolute atomic E-state index is 0.124. The van der Waals surface area contributed by atoms with Gasteiger partial charge < -0.3 is 4.90 Å². The fourth-order valence-corrected chi connectivity index (χ4v) is 3.28. The predicted octanol–water partition coefficient (Wildman–Crippen LogP) is 3.22. The van der Waals surface area contributed by atoms with Gasteiger partial charge in [0, 0.05) is 19.3 Å². The van der Waals surface area contributed by atoms with Gasteiger partial charge in [-0.2, -0.15) is 4.98 Å². The van der Waals surface area contributed by atoms with E-state index in [9.17, 15) is 4.79 Å². The second-order valence-corrected chi connectivity index (χ2v) is 6.48. The molecule has 2 aromatic heterocycles. The number of hydrogen-bond acceptors (Lipinski definition) is 4. The first kappa shape index (κ1) is 14.9. The van der Waals surface area contributed by atoms with Crippen molar-refractivity contribution in [1.82, 2.24) is 15.0 Å². The molecule has 1 aromatic carbocycles. The maximum Gasteiger partial charge on any atom is 0.262 e. The maximum atomic E-state index is 12.7. The van der Waals surface area contributed by atoms with E-state index in [-0.39, 0.29) is 5.56 Å². The van der Waals surface area contributed by atoms with Gasteiger partial charge in [-0.25, -0.2) is 4.98 Å². The topological polar surface area (TPSA) is 61.9 Å².